The van der Waals surface area contributed by atoms with E-state index in [1.807, 2.05) is 0 Å². The van der Waals surface area contributed by atoms with Crippen molar-refractivity contribution in [1.29, 1.82) is 0 Å². The first-order valence-electron chi connectivity index (χ1n) is 5.80. The van der Waals surface area contributed by atoms with Gasteiger partial charge in [-0.2, -0.15) is 4.98 Å². The topological polar surface area (TPSA) is 114 Å². The van der Waals surface area contributed by atoms with Gasteiger partial charge >= 0.3 is 11.7 Å². The zero-order valence-electron chi connectivity index (χ0n) is 10.5. The Balaban J connectivity index is 1.76. The minimum absolute atomic E-state index is 0.0959. The van der Waals surface area contributed by atoms with Gasteiger partial charge in [0.05, 0.1) is 16.6 Å². The molecular weight excluding hydrogens is 264 g/mol. The maximum Gasteiger partial charge on any atom is 0.338 e. The molecule has 0 spiro atoms. The Hall–Kier alpha value is -2.90. The van der Waals surface area contributed by atoms with Crippen LogP contribution in [0.4, 0.5) is 0 Å². The van der Waals surface area contributed by atoms with Gasteiger partial charge in [-0.15, -0.1) is 0 Å². The van der Waals surface area contributed by atoms with E-state index in [9.17, 15) is 9.59 Å². The summed E-state index contributed by atoms with van der Waals surface area (Å²) in [6.45, 7) is 1.58. The van der Waals surface area contributed by atoms with Gasteiger partial charge in [0.15, 0.2) is 12.4 Å². The Kier molecular flexibility index (Phi) is 2.82. The summed E-state index contributed by atoms with van der Waals surface area (Å²) < 4.78 is 9.88. The zero-order valence-corrected chi connectivity index (χ0v) is 10.5. The smallest absolute Gasteiger partial charge is 0.338 e. The molecule has 0 atom stereocenters. The van der Waals surface area contributed by atoms with Crippen LogP contribution in [0.5, 0.6) is 0 Å². The maximum absolute atomic E-state index is 11.9. The van der Waals surface area contributed by atoms with Crippen molar-refractivity contribution in [3.63, 3.8) is 0 Å². The fraction of sp³-hybridized carbons (Fsp3) is 0.167. The van der Waals surface area contributed by atoms with Gasteiger partial charge in [0.2, 0.25) is 0 Å². The summed E-state index contributed by atoms with van der Waals surface area (Å²) in [6.07, 6.45) is 0. The van der Waals surface area contributed by atoms with E-state index >= 15 is 0 Å². The monoisotopic (exact) mass is 274 g/mol. The molecule has 3 aromatic rings. The number of nitrogens with one attached hydrogen (secondary N) is 2. The van der Waals surface area contributed by atoms with Crippen molar-refractivity contribution in [1.82, 2.24) is 20.1 Å². The maximum atomic E-state index is 11.9. The van der Waals surface area contributed by atoms with Crippen molar-refractivity contribution >= 4 is 17.0 Å². The highest BCUT2D eigenvalue weighted by Gasteiger charge is 2.11. The third-order valence-corrected chi connectivity index (χ3v) is 2.65. The van der Waals surface area contributed by atoms with Crippen LogP contribution in [0.25, 0.3) is 11.0 Å². The predicted octanol–water partition coefficient (Wildman–Crippen LogP) is 0.905. The number of H-pyrrole nitrogens is 2. The first-order valence-corrected chi connectivity index (χ1v) is 5.80. The highest BCUT2D eigenvalue weighted by atomic mass is 16.6. The molecule has 2 aromatic heterocycles. The summed E-state index contributed by atoms with van der Waals surface area (Å²) in [7, 11) is 0. The summed E-state index contributed by atoms with van der Waals surface area (Å²) in [5.41, 5.74) is 1.16. The van der Waals surface area contributed by atoms with Crippen molar-refractivity contribution in [3.8, 4) is 0 Å². The number of ether oxygens (including phenoxy) is 1. The largest absolute Gasteiger partial charge is 0.452 e. The molecule has 20 heavy (non-hydrogen) atoms. The molecule has 3 rings (SSSR count). The summed E-state index contributed by atoms with van der Waals surface area (Å²) >= 11 is 0. The third-order valence-electron chi connectivity index (χ3n) is 2.65. The molecule has 0 unspecified atom stereocenters. The lowest BCUT2D eigenvalue weighted by atomic mass is 10.2. The number of aryl methyl sites for hydroxylation is 1. The summed E-state index contributed by atoms with van der Waals surface area (Å²) in [6, 6.07) is 4.73. The Bertz CT molecular complexity index is 829. The van der Waals surface area contributed by atoms with E-state index in [2.05, 4.69) is 20.1 Å². The molecule has 2 N–H and O–H groups in total. The van der Waals surface area contributed by atoms with Crippen molar-refractivity contribution in [2.75, 3.05) is 0 Å². The van der Waals surface area contributed by atoms with Crippen molar-refractivity contribution in [2.45, 2.75) is 13.5 Å². The second-order valence-corrected chi connectivity index (χ2v) is 4.15. The van der Waals surface area contributed by atoms with Crippen LogP contribution < -0.4 is 5.69 Å². The second-order valence-electron chi connectivity index (χ2n) is 4.15. The van der Waals surface area contributed by atoms with Crippen molar-refractivity contribution in [3.05, 3.63) is 46.0 Å². The van der Waals surface area contributed by atoms with Gasteiger partial charge < -0.3 is 19.2 Å². The lowest BCUT2D eigenvalue weighted by molar-refractivity contribution is 0.0430. The fourth-order valence-corrected chi connectivity index (χ4v) is 1.77. The first-order chi connectivity index (χ1) is 9.61. The van der Waals surface area contributed by atoms with Crippen LogP contribution >= 0.6 is 0 Å². The molecule has 0 radical (unpaired) electrons. The number of esters is 1. The van der Waals surface area contributed by atoms with E-state index in [-0.39, 0.29) is 18.2 Å². The number of carbonyl (C=O) groups is 1. The van der Waals surface area contributed by atoms with E-state index in [4.69, 9.17) is 9.26 Å². The molecule has 0 fully saturated rings. The number of hydrogen-bond donors (Lipinski definition) is 2. The number of imidazole rings is 1. The van der Waals surface area contributed by atoms with Gasteiger partial charge in [-0.25, -0.2) is 9.59 Å². The molecule has 0 aliphatic heterocycles. The lowest BCUT2D eigenvalue weighted by Gasteiger charge is -2.01. The average Bonchev–Trinajstić information content (AvgIpc) is 2.99. The molecule has 8 nitrogen and oxygen atoms in total. The molecule has 0 bridgehead atoms. The molecule has 0 saturated heterocycles. The van der Waals surface area contributed by atoms with Crippen LogP contribution in [0, 0.1) is 6.92 Å². The van der Waals surface area contributed by atoms with E-state index in [0.29, 0.717) is 22.4 Å². The van der Waals surface area contributed by atoms with Crippen LogP contribution in [-0.2, 0) is 11.3 Å². The molecule has 0 aliphatic rings. The normalized spacial score (nSPS) is 10.8. The van der Waals surface area contributed by atoms with Crippen molar-refractivity contribution < 1.29 is 14.1 Å². The van der Waals surface area contributed by atoms with Crippen LogP contribution in [0.2, 0.25) is 0 Å². The van der Waals surface area contributed by atoms with Crippen LogP contribution in [0.15, 0.2) is 27.5 Å². The van der Waals surface area contributed by atoms with Gasteiger partial charge in [-0.05, 0) is 25.1 Å². The quantitative estimate of drug-likeness (QED) is 0.686. The number of aromatic amines is 2. The number of aromatic nitrogens is 4. The Morgan fingerprint density at radius 1 is 1.35 bits per heavy atom. The number of hydrogen-bond acceptors (Lipinski definition) is 6. The molecule has 8 heteroatoms. The highest BCUT2D eigenvalue weighted by Crippen LogP contribution is 2.12. The minimum atomic E-state index is -0.537. The molecular formula is C12H10N4O4. The first kappa shape index (κ1) is 12.2. The van der Waals surface area contributed by atoms with E-state index in [1.54, 1.807) is 19.1 Å². The summed E-state index contributed by atoms with van der Waals surface area (Å²) in [5.74, 6) is 0.166. The molecule has 2 heterocycles. The van der Waals surface area contributed by atoms with Crippen LogP contribution in [0.1, 0.15) is 22.1 Å². The SMILES string of the molecule is Cc1noc(COC(=O)c2ccc3[nH]c(=O)[nH]c3c2)n1. The number of nitrogens with zero attached hydrogens (tertiary/aromatic N) is 2. The van der Waals surface area contributed by atoms with E-state index < -0.39 is 5.97 Å². The fourth-order valence-electron chi connectivity index (χ4n) is 1.77. The van der Waals surface area contributed by atoms with E-state index in [1.165, 1.54) is 6.07 Å². The minimum Gasteiger partial charge on any atom is -0.452 e. The van der Waals surface area contributed by atoms with E-state index in [0.717, 1.165) is 0 Å². The number of benzene rings is 1. The van der Waals surface area contributed by atoms with Gasteiger partial charge in [-0.3, -0.25) is 0 Å². The molecule has 1 aromatic carbocycles. The number of carbonyl (C=O) groups excluding carboxylic acids is 1. The lowest BCUT2D eigenvalue weighted by Crippen LogP contribution is -2.05. The zero-order chi connectivity index (χ0) is 14.1. The molecule has 0 amide bonds. The Morgan fingerprint density at radius 2 is 2.15 bits per heavy atom. The van der Waals surface area contributed by atoms with Gasteiger partial charge in [-0.1, -0.05) is 5.16 Å². The van der Waals surface area contributed by atoms with Crippen molar-refractivity contribution in [2.24, 2.45) is 0 Å². The number of fused-ring (bicyclic) bond motifs is 1. The second kappa shape index (κ2) is 4.65. The third kappa shape index (κ3) is 2.30. The summed E-state index contributed by atoms with van der Waals surface area (Å²) in [5, 5.41) is 3.59. The van der Waals surface area contributed by atoms with Crippen LogP contribution in [0.3, 0.4) is 0 Å². The highest BCUT2D eigenvalue weighted by molar-refractivity contribution is 5.93. The average molecular weight is 274 g/mol. The van der Waals surface area contributed by atoms with Gasteiger partial charge in [0.1, 0.15) is 0 Å². The molecule has 0 saturated carbocycles. The summed E-state index contributed by atoms with van der Waals surface area (Å²) in [4.78, 5) is 32.1. The predicted molar refractivity (Wildman–Crippen MR) is 67.1 cm³/mol. The van der Waals surface area contributed by atoms with Gasteiger partial charge in [0.25, 0.3) is 5.89 Å². The molecule has 102 valence electrons. The Labute approximate surface area is 111 Å². The van der Waals surface area contributed by atoms with Gasteiger partial charge in [0, 0.05) is 0 Å². The standard InChI is InChI=1S/C12H10N4O4/c1-6-13-10(20-16-6)5-19-11(17)7-2-3-8-9(4-7)15-12(18)14-8/h2-4H,5H2,1H3,(H2,14,15,18). The molecule has 0 aliphatic carbocycles. The number of rotatable bonds is 3. The van der Waals surface area contributed by atoms with Crippen LogP contribution in [-0.4, -0.2) is 26.1 Å². The Morgan fingerprint density at radius 3 is 2.90 bits per heavy atom.